The molecule has 0 aromatic heterocycles. The van der Waals surface area contributed by atoms with E-state index in [9.17, 15) is 22.0 Å². The zero-order valence-electron chi connectivity index (χ0n) is 7.45. The zero-order chi connectivity index (χ0) is 10.9. The summed E-state index contributed by atoms with van der Waals surface area (Å²) in [5.74, 6) is -4.76. The molecule has 0 fully saturated rings. The fourth-order valence-corrected chi connectivity index (χ4v) is 0.488. The molecule has 0 bridgehead atoms. The molecular formula is C7H11F5O. The first-order chi connectivity index (χ1) is 5.57. The maximum atomic E-state index is 12.5. The summed E-state index contributed by atoms with van der Waals surface area (Å²) in [5.41, 5.74) is -1.22. The van der Waals surface area contributed by atoms with E-state index in [0.29, 0.717) is 0 Å². The van der Waals surface area contributed by atoms with E-state index in [1.165, 1.54) is 20.8 Å². The first-order valence-corrected chi connectivity index (χ1v) is 3.55. The Kier molecular flexibility index (Phi) is 3.66. The van der Waals surface area contributed by atoms with Gasteiger partial charge in [-0.1, -0.05) is 0 Å². The van der Waals surface area contributed by atoms with Gasteiger partial charge in [0.25, 0.3) is 6.36 Å². The molecule has 0 N–H and O–H groups in total. The molecule has 80 valence electrons. The van der Waals surface area contributed by atoms with E-state index in [1.54, 1.807) is 0 Å². The molecule has 0 saturated carbocycles. The van der Waals surface area contributed by atoms with Crippen molar-refractivity contribution in [1.82, 2.24) is 0 Å². The minimum Gasteiger partial charge on any atom is -0.338 e. The molecule has 0 saturated heterocycles. The molecule has 0 aromatic rings. The highest BCUT2D eigenvalue weighted by molar-refractivity contribution is 4.75. The first-order valence-electron chi connectivity index (χ1n) is 3.55. The Morgan fingerprint density at radius 1 is 1.00 bits per heavy atom. The lowest BCUT2D eigenvalue weighted by Gasteiger charge is -2.27. The normalized spacial score (nSPS) is 16.4. The lowest BCUT2D eigenvalue weighted by Crippen LogP contribution is -2.43. The van der Waals surface area contributed by atoms with Crippen LogP contribution in [0.4, 0.5) is 22.0 Å². The van der Waals surface area contributed by atoms with Crippen LogP contribution in [0.1, 0.15) is 20.8 Å². The van der Waals surface area contributed by atoms with Crippen molar-refractivity contribution < 1.29 is 26.7 Å². The Morgan fingerprint density at radius 2 is 1.38 bits per heavy atom. The van der Waals surface area contributed by atoms with Crippen LogP contribution in [0.3, 0.4) is 0 Å². The Balaban J connectivity index is 4.34. The van der Waals surface area contributed by atoms with Gasteiger partial charge in [0.15, 0.2) is 0 Å². The molecule has 1 nitrogen and oxygen atoms in total. The summed E-state index contributed by atoms with van der Waals surface area (Å²) in [5, 5.41) is 0. The van der Waals surface area contributed by atoms with Gasteiger partial charge in [0.05, 0.1) is 5.60 Å². The van der Waals surface area contributed by atoms with Gasteiger partial charge in [0, 0.05) is 0 Å². The molecule has 0 spiro atoms. The van der Waals surface area contributed by atoms with Crippen LogP contribution in [0.25, 0.3) is 0 Å². The third-order valence-corrected chi connectivity index (χ3v) is 1.05. The van der Waals surface area contributed by atoms with Gasteiger partial charge in [0.2, 0.25) is 0 Å². The van der Waals surface area contributed by atoms with Gasteiger partial charge in [-0.25, -0.2) is 13.2 Å². The number of rotatable bonds is 3. The largest absolute Gasteiger partial charge is 0.361 e. The van der Waals surface area contributed by atoms with Crippen LogP contribution in [0.5, 0.6) is 0 Å². The van der Waals surface area contributed by atoms with Crippen LogP contribution >= 0.6 is 0 Å². The second-order valence-corrected chi connectivity index (χ2v) is 3.52. The molecule has 1 atom stereocenters. The van der Waals surface area contributed by atoms with E-state index < -0.39 is 24.3 Å². The van der Waals surface area contributed by atoms with Crippen molar-refractivity contribution in [1.29, 1.82) is 0 Å². The maximum absolute atomic E-state index is 12.5. The minimum absolute atomic E-state index is 1.22. The van der Waals surface area contributed by atoms with Crippen LogP contribution in [-0.4, -0.2) is 24.3 Å². The summed E-state index contributed by atoms with van der Waals surface area (Å²) in [7, 11) is 0. The van der Waals surface area contributed by atoms with Crippen LogP contribution in [0, 0.1) is 0 Å². The van der Waals surface area contributed by atoms with Crippen LogP contribution in [0.2, 0.25) is 0 Å². The van der Waals surface area contributed by atoms with Crippen LogP contribution < -0.4 is 0 Å². The smallest absolute Gasteiger partial charge is 0.338 e. The molecule has 0 amide bonds. The first kappa shape index (κ1) is 12.6. The summed E-state index contributed by atoms with van der Waals surface area (Å²) in [6.07, 6.45) is -7.35. The van der Waals surface area contributed by atoms with E-state index in [-0.39, 0.29) is 0 Å². The number of halogens is 5. The van der Waals surface area contributed by atoms with Gasteiger partial charge < -0.3 is 4.74 Å². The lowest BCUT2D eigenvalue weighted by molar-refractivity contribution is -0.273. The maximum Gasteiger partial charge on any atom is 0.361 e. The van der Waals surface area contributed by atoms with E-state index in [0.717, 1.165) is 0 Å². The third kappa shape index (κ3) is 3.89. The number of ether oxygens (including phenoxy) is 1. The van der Waals surface area contributed by atoms with Crippen molar-refractivity contribution >= 4 is 0 Å². The third-order valence-electron chi connectivity index (χ3n) is 1.05. The fraction of sp³-hybridized carbons (Fsp3) is 1.00. The molecule has 0 aliphatic rings. The van der Waals surface area contributed by atoms with Crippen LogP contribution in [0.15, 0.2) is 0 Å². The van der Waals surface area contributed by atoms with Gasteiger partial charge >= 0.3 is 12.3 Å². The van der Waals surface area contributed by atoms with Crippen molar-refractivity contribution in [3.05, 3.63) is 0 Å². The Labute approximate surface area is 72.9 Å². The second-order valence-electron chi connectivity index (χ2n) is 3.52. The van der Waals surface area contributed by atoms with Gasteiger partial charge in [-0.05, 0) is 20.8 Å². The molecule has 0 rings (SSSR count). The van der Waals surface area contributed by atoms with E-state index in [1.807, 2.05) is 0 Å². The molecule has 0 aliphatic carbocycles. The van der Waals surface area contributed by atoms with Gasteiger partial charge in [-0.3, -0.25) is 0 Å². The number of alkyl halides is 5. The predicted molar refractivity (Wildman–Crippen MR) is 36.7 cm³/mol. The topological polar surface area (TPSA) is 9.23 Å². The summed E-state index contributed by atoms with van der Waals surface area (Å²) in [4.78, 5) is 0. The second kappa shape index (κ2) is 3.77. The highest BCUT2D eigenvalue weighted by Gasteiger charge is 2.51. The zero-order valence-corrected chi connectivity index (χ0v) is 7.45. The Hall–Kier alpha value is -0.390. The summed E-state index contributed by atoms with van der Waals surface area (Å²) in [6, 6.07) is 0. The average Bonchev–Trinajstić information content (AvgIpc) is 1.82. The van der Waals surface area contributed by atoms with Crippen molar-refractivity contribution in [3.8, 4) is 0 Å². The van der Waals surface area contributed by atoms with Gasteiger partial charge in [-0.2, -0.15) is 8.78 Å². The van der Waals surface area contributed by atoms with E-state index >= 15 is 0 Å². The quantitative estimate of drug-likeness (QED) is 0.645. The molecule has 0 aromatic carbocycles. The highest BCUT2D eigenvalue weighted by Crippen LogP contribution is 2.31. The molecule has 0 heterocycles. The number of hydrogen-bond donors (Lipinski definition) is 0. The van der Waals surface area contributed by atoms with E-state index in [2.05, 4.69) is 4.74 Å². The molecule has 1 unspecified atom stereocenters. The fourth-order valence-electron chi connectivity index (χ4n) is 0.488. The van der Waals surface area contributed by atoms with Crippen molar-refractivity contribution in [2.45, 2.75) is 45.1 Å². The van der Waals surface area contributed by atoms with Crippen molar-refractivity contribution in [2.24, 2.45) is 0 Å². The summed E-state index contributed by atoms with van der Waals surface area (Å²) < 4.78 is 64.1. The van der Waals surface area contributed by atoms with Crippen molar-refractivity contribution in [2.75, 3.05) is 0 Å². The van der Waals surface area contributed by atoms with Gasteiger partial charge in [-0.15, -0.1) is 0 Å². The molecule has 0 radical (unpaired) electrons. The number of hydrogen-bond acceptors (Lipinski definition) is 1. The predicted octanol–water partition coefficient (Wildman–Crippen LogP) is 3.00. The molecule has 0 aliphatic heterocycles. The molecule has 13 heavy (non-hydrogen) atoms. The summed E-state index contributed by atoms with van der Waals surface area (Å²) >= 11 is 0. The summed E-state index contributed by atoms with van der Waals surface area (Å²) in [6.45, 7) is 3.88. The Morgan fingerprint density at radius 3 is 1.62 bits per heavy atom. The Bertz CT molecular complexity index is 163. The van der Waals surface area contributed by atoms with Gasteiger partial charge in [0.1, 0.15) is 0 Å². The minimum atomic E-state index is -4.76. The molecular weight excluding hydrogens is 195 g/mol. The monoisotopic (exact) mass is 206 g/mol. The molecule has 6 heteroatoms. The van der Waals surface area contributed by atoms with E-state index in [4.69, 9.17) is 0 Å². The SMILES string of the molecule is CC(C)(C)OC(F)C(F)(F)C(F)F. The van der Waals surface area contributed by atoms with Crippen molar-refractivity contribution in [3.63, 3.8) is 0 Å². The highest BCUT2D eigenvalue weighted by atomic mass is 19.3. The average molecular weight is 206 g/mol. The van der Waals surface area contributed by atoms with Crippen LogP contribution in [-0.2, 0) is 4.74 Å². The lowest BCUT2D eigenvalue weighted by atomic mass is 10.2. The standard InChI is InChI=1S/C7H11F5O/c1-6(2,3)13-5(10)7(11,12)4(8)9/h4-5H,1-3H3.